The Labute approximate surface area is 115 Å². The van der Waals surface area contributed by atoms with Gasteiger partial charge in [-0.2, -0.15) is 0 Å². The second-order valence-electron chi connectivity index (χ2n) is 4.86. The second kappa shape index (κ2) is 8.48. The van der Waals surface area contributed by atoms with E-state index in [-0.39, 0.29) is 0 Å². The van der Waals surface area contributed by atoms with Gasteiger partial charge in [-0.15, -0.1) is 6.58 Å². The zero-order valence-corrected chi connectivity index (χ0v) is 11.6. The first-order valence-electron chi connectivity index (χ1n) is 6.80. The molecule has 0 fully saturated rings. The number of aromatic carboxylic acids is 1. The van der Waals surface area contributed by atoms with Crippen molar-refractivity contribution in [2.24, 2.45) is 0 Å². The zero-order chi connectivity index (χ0) is 14.1. The third-order valence-corrected chi connectivity index (χ3v) is 3.15. The number of carboxylic acids is 1. The highest BCUT2D eigenvalue weighted by atomic mass is 16.4. The van der Waals surface area contributed by atoms with E-state index in [1.165, 1.54) is 12.8 Å². The van der Waals surface area contributed by atoms with Gasteiger partial charge in [-0.25, -0.2) is 4.79 Å². The maximum Gasteiger partial charge on any atom is 0.335 e. The lowest BCUT2D eigenvalue weighted by Crippen LogP contribution is -2.25. The third kappa shape index (κ3) is 6.20. The number of unbranched alkanes of at least 4 members (excludes halogenated alkanes) is 2. The molecule has 0 aromatic heterocycles. The van der Waals surface area contributed by atoms with Gasteiger partial charge >= 0.3 is 5.97 Å². The Morgan fingerprint density at radius 1 is 1.37 bits per heavy atom. The van der Waals surface area contributed by atoms with Gasteiger partial charge in [0.05, 0.1) is 5.56 Å². The van der Waals surface area contributed by atoms with Crippen molar-refractivity contribution in [2.45, 2.75) is 45.2 Å². The number of allylic oxidation sites excluding steroid dienone is 1. The number of rotatable bonds is 9. The predicted octanol–water partition coefficient (Wildman–Crippen LogP) is 3.61. The summed E-state index contributed by atoms with van der Waals surface area (Å²) in [5.74, 6) is -0.880. The summed E-state index contributed by atoms with van der Waals surface area (Å²) in [6.07, 6.45) is 6.60. The van der Waals surface area contributed by atoms with Gasteiger partial charge in [0.25, 0.3) is 0 Å². The molecule has 0 spiro atoms. The van der Waals surface area contributed by atoms with E-state index in [2.05, 4.69) is 18.8 Å². The Kier molecular flexibility index (Phi) is 6.90. The molecule has 0 radical (unpaired) electrons. The molecule has 19 heavy (non-hydrogen) atoms. The van der Waals surface area contributed by atoms with Gasteiger partial charge in [-0.05, 0) is 43.9 Å². The minimum absolute atomic E-state index is 0.334. The van der Waals surface area contributed by atoms with Crippen molar-refractivity contribution in [1.29, 1.82) is 0 Å². The maximum atomic E-state index is 10.7. The number of hydrogen-bond donors (Lipinski definition) is 2. The molecule has 0 aliphatic rings. The Morgan fingerprint density at radius 3 is 2.63 bits per heavy atom. The van der Waals surface area contributed by atoms with Crippen LogP contribution >= 0.6 is 0 Å². The summed E-state index contributed by atoms with van der Waals surface area (Å²) in [7, 11) is 0. The lowest BCUT2D eigenvalue weighted by atomic mass is 10.1. The van der Waals surface area contributed by atoms with Crippen LogP contribution in [0.15, 0.2) is 36.9 Å². The predicted molar refractivity (Wildman–Crippen MR) is 78.4 cm³/mol. The first kappa shape index (κ1) is 15.4. The van der Waals surface area contributed by atoms with Crippen LogP contribution < -0.4 is 5.32 Å². The van der Waals surface area contributed by atoms with E-state index in [1.807, 2.05) is 18.2 Å². The van der Waals surface area contributed by atoms with E-state index in [0.717, 1.165) is 24.9 Å². The second-order valence-corrected chi connectivity index (χ2v) is 4.86. The van der Waals surface area contributed by atoms with Crippen molar-refractivity contribution in [2.75, 3.05) is 0 Å². The Morgan fingerprint density at radius 2 is 2.05 bits per heavy atom. The molecule has 3 heteroatoms. The van der Waals surface area contributed by atoms with Gasteiger partial charge in [0.1, 0.15) is 0 Å². The van der Waals surface area contributed by atoms with Crippen LogP contribution in [0.4, 0.5) is 0 Å². The first-order valence-corrected chi connectivity index (χ1v) is 6.80. The number of benzene rings is 1. The molecule has 0 amide bonds. The van der Waals surface area contributed by atoms with Crippen molar-refractivity contribution >= 4 is 5.97 Å². The summed E-state index contributed by atoms with van der Waals surface area (Å²) in [5.41, 5.74) is 1.45. The lowest BCUT2D eigenvalue weighted by Gasteiger charge is -2.13. The molecule has 1 atom stereocenters. The molecule has 1 rings (SSSR count). The lowest BCUT2D eigenvalue weighted by molar-refractivity contribution is 0.0697. The highest BCUT2D eigenvalue weighted by Gasteiger charge is 2.03. The molecule has 1 aromatic rings. The highest BCUT2D eigenvalue weighted by Crippen LogP contribution is 2.07. The molecule has 0 aliphatic heterocycles. The van der Waals surface area contributed by atoms with Crippen LogP contribution in [0.2, 0.25) is 0 Å². The molecule has 0 bridgehead atoms. The zero-order valence-electron chi connectivity index (χ0n) is 11.6. The maximum absolute atomic E-state index is 10.7. The van der Waals surface area contributed by atoms with Gasteiger partial charge in [0.15, 0.2) is 0 Å². The fourth-order valence-corrected chi connectivity index (χ4v) is 1.90. The van der Waals surface area contributed by atoms with Gasteiger partial charge in [-0.1, -0.05) is 24.6 Å². The van der Waals surface area contributed by atoms with Crippen LogP contribution in [-0.4, -0.2) is 17.1 Å². The Hall–Kier alpha value is -1.61. The van der Waals surface area contributed by atoms with E-state index in [1.54, 1.807) is 12.1 Å². The van der Waals surface area contributed by atoms with Crippen LogP contribution in [0.1, 0.15) is 48.5 Å². The van der Waals surface area contributed by atoms with Crippen molar-refractivity contribution in [3.05, 3.63) is 48.0 Å². The molecule has 1 unspecified atom stereocenters. The van der Waals surface area contributed by atoms with Crippen molar-refractivity contribution in [1.82, 2.24) is 5.32 Å². The first-order chi connectivity index (χ1) is 9.13. The highest BCUT2D eigenvalue weighted by molar-refractivity contribution is 5.87. The summed E-state index contributed by atoms with van der Waals surface area (Å²) in [5, 5.41) is 12.3. The molecule has 0 saturated carbocycles. The molecule has 104 valence electrons. The topological polar surface area (TPSA) is 49.3 Å². The molecule has 1 aromatic carbocycles. The summed E-state index contributed by atoms with van der Waals surface area (Å²) in [4.78, 5) is 10.7. The smallest absolute Gasteiger partial charge is 0.335 e. The summed E-state index contributed by atoms with van der Waals surface area (Å²) in [6.45, 7) is 6.68. The number of hydrogen-bond acceptors (Lipinski definition) is 2. The summed E-state index contributed by atoms with van der Waals surface area (Å²) >= 11 is 0. The molecule has 0 aliphatic carbocycles. The molecule has 0 saturated heterocycles. The molecule has 0 heterocycles. The SMILES string of the molecule is C=CCCCCC(C)NCc1ccc(C(=O)O)cc1. The minimum atomic E-state index is -0.880. The summed E-state index contributed by atoms with van der Waals surface area (Å²) < 4.78 is 0. The molecule has 2 N–H and O–H groups in total. The van der Waals surface area contributed by atoms with Crippen LogP contribution in [0, 0.1) is 0 Å². The van der Waals surface area contributed by atoms with E-state index in [9.17, 15) is 4.79 Å². The Balaban J connectivity index is 2.27. The van der Waals surface area contributed by atoms with Crippen molar-refractivity contribution in [3.63, 3.8) is 0 Å². The van der Waals surface area contributed by atoms with E-state index >= 15 is 0 Å². The quantitative estimate of drug-likeness (QED) is 0.527. The van der Waals surface area contributed by atoms with Crippen LogP contribution in [0.25, 0.3) is 0 Å². The Bertz CT molecular complexity index is 398. The van der Waals surface area contributed by atoms with Gasteiger partial charge in [0.2, 0.25) is 0 Å². The number of carboxylic acid groups (broad SMARTS) is 1. The third-order valence-electron chi connectivity index (χ3n) is 3.15. The molecule has 3 nitrogen and oxygen atoms in total. The van der Waals surface area contributed by atoms with Crippen LogP contribution in [-0.2, 0) is 6.54 Å². The van der Waals surface area contributed by atoms with Crippen LogP contribution in [0.3, 0.4) is 0 Å². The fraction of sp³-hybridized carbons (Fsp3) is 0.438. The minimum Gasteiger partial charge on any atom is -0.478 e. The number of carbonyl (C=O) groups is 1. The summed E-state index contributed by atoms with van der Waals surface area (Å²) in [6, 6.07) is 7.49. The standard InChI is InChI=1S/C16H23NO2/c1-3-4-5-6-7-13(2)17-12-14-8-10-15(11-9-14)16(18)19/h3,8-11,13,17H,1,4-7,12H2,2H3,(H,18,19). The largest absolute Gasteiger partial charge is 0.478 e. The van der Waals surface area contributed by atoms with E-state index in [0.29, 0.717) is 11.6 Å². The van der Waals surface area contributed by atoms with E-state index in [4.69, 9.17) is 5.11 Å². The average Bonchev–Trinajstić information content (AvgIpc) is 2.42. The fourth-order valence-electron chi connectivity index (χ4n) is 1.90. The molecular weight excluding hydrogens is 238 g/mol. The normalized spacial score (nSPS) is 12.1. The van der Waals surface area contributed by atoms with Crippen molar-refractivity contribution < 1.29 is 9.90 Å². The average molecular weight is 261 g/mol. The van der Waals surface area contributed by atoms with Gasteiger partial charge < -0.3 is 10.4 Å². The van der Waals surface area contributed by atoms with E-state index < -0.39 is 5.97 Å². The molecular formula is C16H23NO2. The number of nitrogens with one attached hydrogen (secondary N) is 1. The van der Waals surface area contributed by atoms with Gasteiger partial charge in [0, 0.05) is 12.6 Å². The van der Waals surface area contributed by atoms with Gasteiger partial charge in [-0.3, -0.25) is 0 Å². The monoisotopic (exact) mass is 261 g/mol. The van der Waals surface area contributed by atoms with Crippen LogP contribution in [0.5, 0.6) is 0 Å². The van der Waals surface area contributed by atoms with Crippen molar-refractivity contribution in [3.8, 4) is 0 Å².